The van der Waals surface area contributed by atoms with Crippen LogP contribution in [0.3, 0.4) is 0 Å². The summed E-state index contributed by atoms with van der Waals surface area (Å²) >= 11 is 0. The van der Waals surface area contributed by atoms with Gasteiger partial charge in [-0.1, -0.05) is 129 Å². The molecule has 35 heavy (non-hydrogen) atoms. The first kappa shape index (κ1) is 31.5. The minimum atomic E-state index is 0.118. The molecule has 3 nitrogen and oxygen atoms in total. The highest BCUT2D eigenvalue weighted by molar-refractivity contribution is 5.90. The van der Waals surface area contributed by atoms with Gasteiger partial charge in [0, 0.05) is 12.1 Å². The van der Waals surface area contributed by atoms with Crippen molar-refractivity contribution in [2.24, 2.45) is 0 Å². The third-order valence-electron chi connectivity index (χ3n) is 7.06. The van der Waals surface area contributed by atoms with Gasteiger partial charge in [0.15, 0.2) is 0 Å². The lowest BCUT2D eigenvalue weighted by molar-refractivity contribution is -0.116. The summed E-state index contributed by atoms with van der Waals surface area (Å²) in [7, 11) is 0. The first-order chi connectivity index (χ1) is 17.2. The number of anilines is 1. The van der Waals surface area contributed by atoms with Crippen LogP contribution in [0.2, 0.25) is 0 Å². The van der Waals surface area contributed by atoms with E-state index >= 15 is 0 Å². The van der Waals surface area contributed by atoms with Crippen LogP contribution in [-0.2, 0) is 4.79 Å². The lowest BCUT2D eigenvalue weighted by Gasteiger charge is -2.13. The van der Waals surface area contributed by atoms with Crippen LogP contribution in [0.15, 0.2) is 24.3 Å². The smallest absolute Gasteiger partial charge is 0.224 e. The summed E-state index contributed by atoms with van der Waals surface area (Å²) in [5, 5.41) is 3.00. The third kappa shape index (κ3) is 19.4. The molecule has 0 saturated carbocycles. The van der Waals surface area contributed by atoms with Crippen molar-refractivity contribution in [3.63, 3.8) is 0 Å². The number of carbonyl (C=O) groups is 1. The zero-order valence-corrected chi connectivity index (χ0v) is 23.6. The van der Waals surface area contributed by atoms with E-state index in [1.165, 1.54) is 109 Å². The van der Waals surface area contributed by atoms with Crippen molar-refractivity contribution in [2.45, 2.75) is 162 Å². The van der Waals surface area contributed by atoms with Crippen molar-refractivity contribution in [1.82, 2.24) is 0 Å². The molecule has 202 valence electrons. The Morgan fingerprint density at radius 1 is 0.657 bits per heavy atom. The van der Waals surface area contributed by atoms with Crippen molar-refractivity contribution >= 4 is 11.6 Å². The molecule has 0 heterocycles. The Morgan fingerprint density at radius 2 is 1.06 bits per heavy atom. The second-order valence-corrected chi connectivity index (χ2v) is 10.5. The van der Waals surface area contributed by atoms with E-state index in [-0.39, 0.29) is 12.0 Å². The number of benzene rings is 1. The lowest BCUT2D eigenvalue weighted by atomic mass is 10.0. The second-order valence-electron chi connectivity index (χ2n) is 10.5. The van der Waals surface area contributed by atoms with Crippen LogP contribution in [0, 0.1) is 0 Å². The Morgan fingerprint density at radius 3 is 1.46 bits per heavy atom. The van der Waals surface area contributed by atoms with Crippen molar-refractivity contribution < 1.29 is 9.53 Å². The molecule has 0 aliphatic rings. The maximum Gasteiger partial charge on any atom is 0.224 e. The summed E-state index contributed by atoms with van der Waals surface area (Å²) in [5.74, 6) is 0.976. The van der Waals surface area contributed by atoms with E-state index in [1.54, 1.807) is 0 Å². The summed E-state index contributed by atoms with van der Waals surface area (Å²) < 4.78 is 5.78. The van der Waals surface area contributed by atoms with Gasteiger partial charge in [-0.25, -0.2) is 0 Å². The highest BCUT2D eigenvalue weighted by Gasteiger charge is 2.04. The molecule has 0 radical (unpaired) electrons. The van der Waals surface area contributed by atoms with Crippen LogP contribution >= 0.6 is 0 Å². The quantitative estimate of drug-likeness (QED) is 0.147. The van der Waals surface area contributed by atoms with Gasteiger partial charge in [0.25, 0.3) is 0 Å². The monoisotopic (exact) mass is 487 g/mol. The normalized spacial score (nSPS) is 12.0. The summed E-state index contributed by atoms with van der Waals surface area (Å²) in [6.45, 7) is 6.47. The Hall–Kier alpha value is -1.51. The van der Waals surface area contributed by atoms with Crippen LogP contribution in [0.5, 0.6) is 5.75 Å². The standard InChI is InChI=1S/C32H57NO2/c1-4-6-7-8-9-10-11-12-13-14-15-16-17-18-19-20-21-22-23-24-32(34)33-30-25-27-31(28-26-30)35-29(3)5-2/h25-29H,4-24H2,1-3H3,(H,33,34). The predicted octanol–water partition coefficient (Wildman–Crippen LogP) is 10.6. The molecular formula is C32H57NO2. The Bertz CT molecular complexity index is 598. The molecule has 1 N–H and O–H groups in total. The number of nitrogens with one attached hydrogen (secondary N) is 1. The summed E-state index contributed by atoms with van der Waals surface area (Å²) in [6, 6.07) is 7.70. The average Bonchev–Trinajstić information content (AvgIpc) is 2.86. The fraction of sp³-hybridized carbons (Fsp3) is 0.781. The number of rotatable bonds is 24. The first-order valence-corrected chi connectivity index (χ1v) is 15.2. The number of ether oxygens (including phenoxy) is 1. The van der Waals surface area contributed by atoms with Gasteiger partial charge in [-0.15, -0.1) is 0 Å². The van der Waals surface area contributed by atoms with Crippen LogP contribution < -0.4 is 10.1 Å². The largest absolute Gasteiger partial charge is 0.491 e. The minimum Gasteiger partial charge on any atom is -0.491 e. The van der Waals surface area contributed by atoms with Gasteiger partial charge in [-0.3, -0.25) is 4.79 Å². The van der Waals surface area contributed by atoms with Crippen molar-refractivity contribution in [3.05, 3.63) is 24.3 Å². The molecule has 3 heteroatoms. The zero-order chi connectivity index (χ0) is 25.4. The maximum atomic E-state index is 12.2. The van der Waals surface area contributed by atoms with E-state index in [9.17, 15) is 4.79 Å². The van der Waals surface area contributed by atoms with Gasteiger partial charge in [0.1, 0.15) is 5.75 Å². The van der Waals surface area contributed by atoms with Crippen molar-refractivity contribution in [1.29, 1.82) is 0 Å². The molecule has 0 aliphatic heterocycles. The van der Waals surface area contributed by atoms with E-state index < -0.39 is 0 Å². The highest BCUT2D eigenvalue weighted by Crippen LogP contribution is 2.18. The van der Waals surface area contributed by atoms with Crippen molar-refractivity contribution in [3.8, 4) is 5.75 Å². The van der Waals surface area contributed by atoms with Crippen LogP contribution in [-0.4, -0.2) is 12.0 Å². The maximum absolute atomic E-state index is 12.2. The van der Waals surface area contributed by atoms with Gasteiger partial charge >= 0.3 is 0 Å². The third-order valence-corrected chi connectivity index (χ3v) is 7.06. The zero-order valence-electron chi connectivity index (χ0n) is 23.6. The fourth-order valence-electron chi connectivity index (χ4n) is 4.52. The van der Waals surface area contributed by atoms with E-state index in [0.717, 1.165) is 30.7 Å². The van der Waals surface area contributed by atoms with Gasteiger partial charge in [0.2, 0.25) is 5.91 Å². The second kappa shape index (κ2) is 22.9. The molecule has 1 atom stereocenters. The summed E-state index contributed by atoms with van der Waals surface area (Å²) in [6.07, 6.45) is 27.9. The lowest BCUT2D eigenvalue weighted by Crippen LogP contribution is -2.12. The number of unbranched alkanes of at least 4 members (excludes halogenated alkanes) is 18. The van der Waals surface area contributed by atoms with Gasteiger partial charge in [-0.05, 0) is 44.0 Å². The number of hydrogen-bond donors (Lipinski definition) is 1. The number of hydrogen-bond acceptors (Lipinski definition) is 2. The molecule has 0 aromatic heterocycles. The van der Waals surface area contributed by atoms with Gasteiger partial charge < -0.3 is 10.1 Å². The van der Waals surface area contributed by atoms with Gasteiger partial charge in [0.05, 0.1) is 6.10 Å². The number of amides is 1. The van der Waals surface area contributed by atoms with Crippen LogP contribution in [0.1, 0.15) is 156 Å². The molecule has 1 unspecified atom stereocenters. The van der Waals surface area contributed by atoms with Crippen molar-refractivity contribution in [2.75, 3.05) is 5.32 Å². The van der Waals surface area contributed by atoms with E-state index in [4.69, 9.17) is 4.74 Å². The van der Waals surface area contributed by atoms with E-state index in [2.05, 4.69) is 26.1 Å². The molecule has 0 spiro atoms. The minimum absolute atomic E-state index is 0.118. The molecule has 0 aliphatic carbocycles. The van der Waals surface area contributed by atoms with Crippen LogP contribution in [0.25, 0.3) is 0 Å². The summed E-state index contributed by atoms with van der Waals surface area (Å²) in [5.41, 5.74) is 0.851. The molecular weight excluding hydrogens is 430 g/mol. The van der Waals surface area contributed by atoms with E-state index in [0.29, 0.717) is 6.42 Å². The molecule has 0 bridgehead atoms. The molecule has 1 aromatic rings. The SMILES string of the molecule is CCCCCCCCCCCCCCCCCCCCCC(=O)Nc1ccc(OC(C)CC)cc1. The Balaban J connectivity index is 1.84. The number of carbonyl (C=O) groups excluding carboxylic acids is 1. The first-order valence-electron chi connectivity index (χ1n) is 15.2. The Labute approximate surface area is 218 Å². The molecule has 1 aromatic carbocycles. The van der Waals surface area contributed by atoms with Gasteiger partial charge in [-0.2, -0.15) is 0 Å². The molecule has 1 rings (SSSR count). The summed E-state index contributed by atoms with van der Waals surface area (Å²) in [4.78, 5) is 12.2. The molecule has 1 amide bonds. The predicted molar refractivity (Wildman–Crippen MR) is 153 cm³/mol. The fourth-order valence-corrected chi connectivity index (χ4v) is 4.52. The highest BCUT2D eigenvalue weighted by atomic mass is 16.5. The van der Waals surface area contributed by atoms with Crippen LogP contribution in [0.4, 0.5) is 5.69 Å². The average molecular weight is 488 g/mol. The Kier molecular flexibility index (Phi) is 20.6. The topological polar surface area (TPSA) is 38.3 Å². The molecule has 0 saturated heterocycles. The molecule has 0 fully saturated rings. The van der Waals surface area contributed by atoms with E-state index in [1.807, 2.05) is 24.3 Å².